The van der Waals surface area contributed by atoms with Crippen LogP contribution >= 0.6 is 0 Å². The molecule has 0 fully saturated rings. The second kappa shape index (κ2) is 14.0. The molecule has 0 amide bonds. The molecule has 71 heavy (non-hydrogen) atoms. The Labute approximate surface area is 412 Å². The van der Waals surface area contributed by atoms with E-state index in [0.29, 0.717) is 20.2 Å². The molecule has 3 aliphatic heterocycles. The zero-order valence-electron chi connectivity index (χ0n) is 40.9. The molecule has 0 saturated carbocycles. The number of benzene rings is 8. The maximum absolute atomic E-state index is 6.18. The van der Waals surface area contributed by atoms with Crippen molar-refractivity contribution in [2.75, 3.05) is 0 Å². The van der Waals surface area contributed by atoms with Crippen LogP contribution in [0.5, 0.6) is 17.2 Å². The lowest BCUT2D eigenvalue weighted by Crippen LogP contribution is -2.41. The maximum atomic E-state index is 6.18. The zero-order valence-corrected chi connectivity index (χ0v) is 40.9. The van der Waals surface area contributed by atoms with Crippen molar-refractivity contribution >= 4 is 53.9 Å². The van der Waals surface area contributed by atoms with E-state index >= 15 is 0 Å². The number of nitrogens with zero attached hydrogens (tertiary/aromatic N) is 3. The Bertz CT molecular complexity index is 3840. The number of fused-ring (bicyclic) bond motifs is 10. The molecule has 3 aromatic heterocycles. The monoisotopic (exact) mass is 922 g/mol. The van der Waals surface area contributed by atoms with Gasteiger partial charge < -0.3 is 14.2 Å². The third-order valence-corrected chi connectivity index (χ3v) is 16.8. The van der Waals surface area contributed by atoms with Crippen molar-refractivity contribution in [1.29, 1.82) is 0 Å². The van der Waals surface area contributed by atoms with Gasteiger partial charge in [-0.1, -0.05) is 151 Å². The van der Waals surface area contributed by atoms with Crippen molar-refractivity contribution < 1.29 is 27.9 Å². The Kier molecular flexibility index (Phi) is 8.06. The molecule has 6 heterocycles. The summed E-state index contributed by atoms with van der Waals surface area (Å²) >= 11 is 0. The van der Waals surface area contributed by atoms with Gasteiger partial charge in [-0.05, 0) is 96.2 Å². The summed E-state index contributed by atoms with van der Waals surface area (Å²) in [4.78, 5) is 0. The average molecular weight is 923 g/mol. The molecule has 0 spiro atoms. The van der Waals surface area contributed by atoms with Crippen LogP contribution in [0.4, 0.5) is 0 Å². The van der Waals surface area contributed by atoms with Crippen molar-refractivity contribution in [1.82, 2.24) is 0 Å². The number of pyridine rings is 3. The zero-order chi connectivity index (χ0) is 47.7. The second-order valence-corrected chi connectivity index (χ2v) is 21.8. The van der Waals surface area contributed by atoms with E-state index in [4.69, 9.17) is 14.2 Å². The summed E-state index contributed by atoms with van der Waals surface area (Å²) in [5.41, 5.74) is 16.3. The predicted octanol–water partition coefficient (Wildman–Crippen LogP) is 13.7. The SMILES string of the molecule is CC1(C)c2c3c(cc4ccccc24)OC[n+]2cc4ccccc4c1c2-3.CC1(C)c2c3c(cc4ccccc24)OC[n+]2cc4ccccc4c1c2-3.CC1(C)c2ccc[n+]3c2-c2c(cc4ccccc4c21)OC3. The van der Waals surface area contributed by atoms with Crippen LogP contribution in [0.1, 0.15) is 74.9 Å². The fourth-order valence-corrected chi connectivity index (χ4v) is 13.9. The van der Waals surface area contributed by atoms with E-state index < -0.39 is 0 Å². The van der Waals surface area contributed by atoms with E-state index in [1.165, 1.54) is 121 Å². The van der Waals surface area contributed by atoms with Crippen LogP contribution in [0.15, 0.2) is 170 Å². The van der Waals surface area contributed by atoms with E-state index in [-0.39, 0.29) is 16.2 Å². The quantitative estimate of drug-likeness (QED) is 0.142. The normalized spacial score (nSPS) is 16.3. The number of ether oxygens (including phenoxy) is 3. The Morgan fingerprint density at radius 1 is 0.338 bits per heavy atom. The molecule has 0 bridgehead atoms. The van der Waals surface area contributed by atoms with Crippen molar-refractivity contribution in [2.24, 2.45) is 0 Å². The smallest absolute Gasteiger partial charge is 0.292 e. The number of hydrogen-bond donors (Lipinski definition) is 0. The number of aromatic nitrogens is 3. The van der Waals surface area contributed by atoms with Crippen molar-refractivity contribution in [2.45, 2.75) is 78.0 Å². The first-order chi connectivity index (χ1) is 34.5. The third-order valence-electron chi connectivity index (χ3n) is 16.8. The largest absolute Gasteiger partial charge is 0.435 e. The molecule has 11 aromatic rings. The third kappa shape index (κ3) is 5.34. The van der Waals surface area contributed by atoms with E-state index in [1.54, 1.807) is 0 Å². The topological polar surface area (TPSA) is 39.3 Å². The summed E-state index contributed by atoms with van der Waals surface area (Å²) in [7, 11) is 0. The first-order valence-corrected chi connectivity index (χ1v) is 25.0. The van der Waals surface area contributed by atoms with E-state index in [9.17, 15) is 0 Å². The highest BCUT2D eigenvalue weighted by molar-refractivity contribution is 6.05. The molecule has 0 atom stereocenters. The Morgan fingerprint density at radius 2 is 0.676 bits per heavy atom. The highest BCUT2D eigenvalue weighted by Gasteiger charge is 2.50. The average Bonchev–Trinajstić information content (AvgIpc) is 3.94. The van der Waals surface area contributed by atoms with Crippen LogP contribution in [-0.4, -0.2) is 0 Å². The van der Waals surface area contributed by atoms with Gasteiger partial charge in [0.05, 0.1) is 16.7 Å². The van der Waals surface area contributed by atoms with Crippen molar-refractivity contribution in [3.63, 3.8) is 0 Å². The molecule has 0 saturated heterocycles. The minimum absolute atomic E-state index is 0.0109. The fourth-order valence-electron chi connectivity index (χ4n) is 13.9. The molecule has 17 rings (SSSR count). The molecular formula is C65H52N3O3+3. The minimum Gasteiger partial charge on any atom is -0.435 e. The molecule has 6 aliphatic rings. The van der Waals surface area contributed by atoms with Crippen molar-refractivity contribution in [3.8, 4) is 51.0 Å². The van der Waals surface area contributed by atoms with Gasteiger partial charge >= 0.3 is 0 Å². The van der Waals surface area contributed by atoms with Crippen molar-refractivity contribution in [3.05, 3.63) is 204 Å². The van der Waals surface area contributed by atoms with Crippen LogP contribution in [0.2, 0.25) is 0 Å². The summed E-state index contributed by atoms with van der Waals surface area (Å²) in [5, 5.41) is 13.1. The van der Waals surface area contributed by atoms with E-state index in [0.717, 1.165) is 17.2 Å². The Balaban J connectivity index is 0.0000000959. The van der Waals surface area contributed by atoms with Gasteiger partial charge in [0.15, 0.2) is 18.6 Å². The summed E-state index contributed by atoms with van der Waals surface area (Å²) < 4.78 is 25.2. The van der Waals surface area contributed by atoms with Gasteiger partial charge in [0.25, 0.3) is 20.2 Å². The minimum atomic E-state index is -0.0589. The van der Waals surface area contributed by atoms with E-state index in [1.807, 2.05) is 0 Å². The van der Waals surface area contributed by atoms with Gasteiger partial charge in [0, 0.05) is 49.8 Å². The molecule has 6 nitrogen and oxygen atoms in total. The van der Waals surface area contributed by atoms with Gasteiger partial charge in [-0.3, -0.25) is 0 Å². The summed E-state index contributed by atoms with van der Waals surface area (Å²) in [6.45, 7) is 15.8. The Hall–Kier alpha value is -8.09. The van der Waals surface area contributed by atoms with Gasteiger partial charge in [0.2, 0.25) is 17.1 Å². The van der Waals surface area contributed by atoms with Gasteiger partial charge in [0.1, 0.15) is 17.2 Å². The highest BCUT2D eigenvalue weighted by atomic mass is 16.5. The molecular weight excluding hydrogens is 871 g/mol. The van der Waals surface area contributed by atoms with Crippen LogP contribution in [0.3, 0.4) is 0 Å². The first kappa shape index (κ1) is 40.8. The van der Waals surface area contributed by atoms with Crippen LogP contribution in [0, 0.1) is 0 Å². The molecule has 0 unspecified atom stereocenters. The summed E-state index contributed by atoms with van der Waals surface area (Å²) in [6, 6.07) is 54.4. The van der Waals surface area contributed by atoms with Crippen LogP contribution in [-0.2, 0) is 36.4 Å². The lowest BCUT2D eigenvalue weighted by Gasteiger charge is -2.23. The standard InChI is InChI=1S/2C23H18NO.C19H16NO/c2*1-23(2)20-16-9-5-3-7-14(16)11-18-19(20)22-21(23)17-10-6-4-8-15(17)12-24(22)13-25-18;1-19(2)14-8-5-9-20-11-21-15-10-12-6-3-4-7-13(12)17(19)16(15)18(14)20/h2*3-12H,13H2,1-2H3;3-10H,11H2,1-2H3/q3*+1. The molecule has 0 N–H and O–H groups in total. The van der Waals surface area contributed by atoms with Gasteiger partial charge in [-0.15, -0.1) is 0 Å². The summed E-state index contributed by atoms with van der Waals surface area (Å²) in [6.07, 6.45) is 6.58. The molecule has 6 heteroatoms. The fraction of sp³-hybridized carbons (Fsp3) is 0.185. The molecule has 3 aliphatic carbocycles. The molecule has 0 radical (unpaired) electrons. The Morgan fingerprint density at radius 3 is 1.10 bits per heavy atom. The van der Waals surface area contributed by atoms with Crippen LogP contribution < -0.4 is 27.9 Å². The molecule has 8 aromatic carbocycles. The maximum Gasteiger partial charge on any atom is 0.292 e. The van der Waals surface area contributed by atoms with Gasteiger partial charge in [-0.2, -0.15) is 13.7 Å². The van der Waals surface area contributed by atoms with E-state index in [2.05, 4.69) is 225 Å². The highest BCUT2D eigenvalue weighted by Crippen LogP contribution is 2.59. The number of rotatable bonds is 0. The van der Waals surface area contributed by atoms with Gasteiger partial charge in [-0.25, -0.2) is 0 Å². The second-order valence-electron chi connectivity index (χ2n) is 21.8. The molecule has 342 valence electrons. The van der Waals surface area contributed by atoms with Crippen LogP contribution in [0.25, 0.3) is 87.6 Å². The lowest BCUT2D eigenvalue weighted by atomic mass is 9.79. The predicted molar refractivity (Wildman–Crippen MR) is 282 cm³/mol. The number of hydrogen-bond acceptors (Lipinski definition) is 3. The summed E-state index contributed by atoms with van der Waals surface area (Å²) in [5.74, 6) is 3.08. The lowest BCUT2D eigenvalue weighted by molar-refractivity contribution is -0.717. The first-order valence-electron chi connectivity index (χ1n) is 25.0.